The molecule has 2 heterocycles. The molecular formula is C23H25ClN2O2S2. The number of thiazole rings is 1. The lowest BCUT2D eigenvalue weighted by Crippen LogP contribution is -2.39. The molecule has 1 aliphatic heterocycles. The van der Waals surface area contributed by atoms with Gasteiger partial charge in [-0.25, -0.2) is 13.4 Å². The fourth-order valence-corrected chi connectivity index (χ4v) is 6.82. The Morgan fingerprint density at radius 3 is 2.60 bits per heavy atom. The maximum Gasteiger partial charge on any atom is 0.185 e. The number of aryl methyl sites for hydroxylation is 1. The Morgan fingerprint density at radius 2 is 1.87 bits per heavy atom. The van der Waals surface area contributed by atoms with E-state index in [1.165, 1.54) is 16.7 Å². The maximum absolute atomic E-state index is 13.0. The molecule has 0 N–H and O–H groups in total. The van der Waals surface area contributed by atoms with E-state index in [-0.39, 0.29) is 5.25 Å². The fraction of sp³-hybridized carbons (Fsp3) is 0.348. The predicted octanol–water partition coefficient (Wildman–Crippen LogP) is 5.45. The number of rotatable bonds is 5. The third kappa shape index (κ3) is 4.41. The summed E-state index contributed by atoms with van der Waals surface area (Å²) in [6.07, 6.45) is 2.02. The van der Waals surface area contributed by atoms with Crippen LogP contribution in [0.15, 0.2) is 52.7 Å². The van der Waals surface area contributed by atoms with Crippen molar-refractivity contribution >= 4 is 37.9 Å². The summed E-state index contributed by atoms with van der Waals surface area (Å²) in [5.74, 6) is 0. The van der Waals surface area contributed by atoms with Crippen molar-refractivity contribution in [3.8, 4) is 0 Å². The van der Waals surface area contributed by atoms with Crippen molar-refractivity contribution < 1.29 is 8.42 Å². The van der Waals surface area contributed by atoms with E-state index in [2.05, 4.69) is 42.3 Å². The summed E-state index contributed by atoms with van der Waals surface area (Å²) in [5.41, 5.74) is 4.99. The smallest absolute Gasteiger partial charge is 0.185 e. The Hall–Kier alpha value is -1.89. The number of benzene rings is 2. The van der Waals surface area contributed by atoms with E-state index >= 15 is 0 Å². The van der Waals surface area contributed by atoms with Crippen LogP contribution in [0.25, 0.3) is 0 Å². The highest BCUT2D eigenvalue weighted by Crippen LogP contribution is 2.30. The van der Waals surface area contributed by atoms with Gasteiger partial charge >= 0.3 is 0 Å². The molecule has 0 unspecified atom stereocenters. The average molecular weight is 461 g/mol. The van der Waals surface area contributed by atoms with Gasteiger partial charge in [-0.15, -0.1) is 11.3 Å². The van der Waals surface area contributed by atoms with Crippen LogP contribution in [0.3, 0.4) is 0 Å². The van der Waals surface area contributed by atoms with Crippen LogP contribution in [-0.4, -0.2) is 31.7 Å². The second-order valence-corrected chi connectivity index (χ2v) is 11.3. The molecular weight excluding hydrogens is 436 g/mol. The molecule has 1 aliphatic rings. The molecule has 158 valence electrons. The molecule has 0 aliphatic carbocycles. The standard InChI is InChI=1S/C23H25ClN2O2S2/c1-16-5-3-6-18(17(16)2)13-20-15-29-23(25-20)26-11-9-21(10-12-26)30(27,28)22-8-4-7-19(24)14-22/h3-8,14-15,21H,9-13H2,1-2H3. The normalized spacial score (nSPS) is 15.5. The van der Waals surface area contributed by atoms with E-state index in [9.17, 15) is 8.42 Å². The van der Waals surface area contributed by atoms with Crippen LogP contribution < -0.4 is 4.90 Å². The molecule has 0 amide bonds. The van der Waals surface area contributed by atoms with Gasteiger partial charge in [0.15, 0.2) is 15.0 Å². The van der Waals surface area contributed by atoms with Crippen LogP contribution in [0, 0.1) is 13.8 Å². The van der Waals surface area contributed by atoms with Crippen molar-refractivity contribution in [1.82, 2.24) is 4.98 Å². The SMILES string of the molecule is Cc1cccc(Cc2csc(N3CCC(S(=O)(=O)c4cccc(Cl)c4)CC3)n2)c1C. The minimum atomic E-state index is -3.36. The molecule has 0 spiro atoms. The van der Waals surface area contributed by atoms with E-state index in [1.54, 1.807) is 35.6 Å². The highest BCUT2D eigenvalue weighted by atomic mass is 35.5. The number of nitrogens with zero attached hydrogens (tertiary/aromatic N) is 2. The maximum atomic E-state index is 13.0. The monoisotopic (exact) mass is 460 g/mol. The first kappa shape index (κ1) is 21.3. The predicted molar refractivity (Wildman–Crippen MR) is 125 cm³/mol. The lowest BCUT2D eigenvalue weighted by Gasteiger charge is -2.31. The molecule has 0 bridgehead atoms. The second kappa shape index (κ2) is 8.69. The number of halogens is 1. The minimum Gasteiger partial charge on any atom is -0.348 e. The van der Waals surface area contributed by atoms with Crippen LogP contribution in [-0.2, 0) is 16.3 Å². The zero-order valence-electron chi connectivity index (χ0n) is 17.1. The third-order valence-electron chi connectivity index (χ3n) is 5.90. The average Bonchev–Trinajstić information content (AvgIpc) is 3.20. The summed E-state index contributed by atoms with van der Waals surface area (Å²) in [7, 11) is -3.36. The molecule has 1 aromatic heterocycles. The highest BCUT2D eigenvalue weighted by Gasteiger charge is 2.32. The molecule has 7 heteroatoms. The minimum absolute atomic E-state index is 0.318. The van der Waals surface area contributed by atoms with Crippen LogP contribution in [0.2, 0.25) is 5.02 Å². The van der Waals surface area contributed by atoms with Gasteiger partial charge in [-0.05, 0) is 61.6 Å². The fourth-order valence-electron chi connectivity index (χ4n) is 3.92. The topological polar surface area (TPSA) is 50.3 Å². The summed E-state index contributed by atoms with van der Waals surface area (Å²) in [5, 5.41) is 3.18. The Bertz CT molecular complexity index is 1150. The summed E-state index contributed by atoms with van der Waals surface area (Å²) >= 11 is 7.63. The highest BCUT2D eigenvalue weighted by molar-refractivity contribution is 7.92. The molecule has 30 heavy (non-hydrogen) atoms. The van der Waals surface area contributed by atoms with Crippen LogP contribution in [0.5, 0.6) is 0 Å². The number of anilines is 1. The number of hydrogen-bond donors (Lipinski definition) is 0. The van der Waals surface area contributed by atoms with Crippen LogP contribution >= 0.6 is 22.9 Å². The first-order valence-electron chi connectivity index (χ1n) is 10.1. The molecule has 0 radical (unpaired) electrons. The summed E-state index contributed by atoms with van der Waals surface area (Å²) in [4.78, 5) is 7.36. The van der Waals surface area contributed by atoms with Gasteiger partial charge in [-0.1, -0.05) is 35.9 Å². The molecule has 0 atom stereocenters. The summed E-state index contributed by atoms with van der Waals surface area (Å²) < 4.78 is 25.9. The lowest BCUT2D eigenvalue weighted by molar-refractivity contribution is 0.529. The summed E-state index contributed by atoms with van der Waals surface area (Å²) in [6, 6.07) is 13.0. The first-order chi connectivity index (χ1) is 14.3. The van der Waals surface area contributed by atoms with Gasteiger partial charge in [0.1, 0.15) is 0 Å². The zero-order chi connectivity index (χ0) is 21.3. The van der Waals surface area contributed by atoms with E-state index in [1.807, 2.05) is 0 Å². The van der Waals surface area contributed by atoms with Crippen molar-refractivity contribution in [2.75, 3.05) is 18.0 Å². The number of sulfone groups is 1. The van der Waals surface area contributed by atoms with E-state index in [0.717, 1.165) is 17.2 Å². The van der Waals surface area contributed by atoms with Gasteiger partial charge in [0.2, 0.25) is 0 Å². The van der Waals surface area contributed by atoms with E-state index in [0.29, 0.717) is 35.8 Å². The first-order valence-corrected chi connectivity index (χ1v) is 12.9. The van der Waals surface area contributed by atoms with Crippen molar-refractivity contribution in [2.24, 2.45) is 0 Å². The van der Waals surface area contributed by atoms with Crippen LogP contribution in [0.4, 0.5) is 5.13 Å². The molecule has 1 saturated heterocycles. The quantitative estimate of drug-likeness (QED) is 0.508. The van der Waals surface area contributed by atoms with Gasteiger partial charge < -0.3 is 4.90 Å². The van der Waals surface area contributed by atoms with E-state index in [4.69, 9.17) is 16.6 Å². The summed E-state index contributed by atoms with van der Waals surface area (Å²) in [6.45, 7) is 5.68. The number of aromatic nitrogens is 1. The van der Waals surface area contributed by atoms with Gasteiger partial charge in [0.25, 0.3) is 0 Å². The van der Waals surface area contributed by atoms with Crippen molar-refractivity contribution in [1.29, 1.82) is 0 Å². The Balaban J connectivity index is 1.42. The van der Waals surface area contributed by atoms with Crippen molar-refractivity contribution in [3.05, 3.63) is 75.3 Å². The van der Waals surface area contributed by atoms with Crippen molar-refractivity contribution in [3.63, 3.8) is 0 Å². The molecule has 4 nitrogen and oxygen atoms in total. The van der Waals surface area contributed by atoms with Crippen molar-refractivity contribution in [2.45, 2.75) is 43.3 Å². The van der Waals surface area contributed by atoms with Gasteiger partial charge in [-0.3, -0.25) is 0 Å². The largest absolute Gasteiger partial charge is 0.348 e. The van der Waals surface area contributed by atoms with Gasteiger partial charge in [0.05, 0.1) is 15.8 Å². The lowest BCUT2D eigenvalue weighted by atomic mass is 10.0. The zero-order valence-corrected chi connectivity index (χ0v) is 19.5. The molecule has 2 aromatic carbocycles. The van der Waals surface area contributed by atoms with Gasteiger partial charge in [-0.2, -0.15) is 0 Å². The van der Waals surface area contributed by atoms with Crippen LogP contribution in [0.1, 0.15) is 35.2 Å². The Kier molecular flexibility index (Phi) is 6.19. The molecule has 4 rings (SSSR count). The second-order valence-electron chi connectivity index (χ2n) is 7.85. The molecule has 1 fully saturated rings. The molecule has 3 aromatic rings. The van der Waals surface area contributed by atoms with E-state index < -0.39 is 9.84 Å². The number of hydrogen-bond acceptors (Lipinski definition) is 5. The van der Waals surface area contributed by atoms with Gasteiger partial charge in [0, 0.05) is 29.9 Å². The number of piperidine rings is 1. The Labute approximate surface area is 187 Å². The molecule has 0 saturated carbocycles. The Morgan fingerprint density at radius 1 is 1.13 bits per heavy atom. The third-order valence-corrected chi connectivity index (χ3v) is 9.35.